The molecule has 9 heteroatoms. The molecule has 1 aliphatic heterocycles. The van der Waals surface area contributed by atoms with E-state index in [-0.39, 0.29) is 12.6 Å². The summed E-state index contributed by atoms with van der Waals surface area (Å²) in [7, 11) is 1.60. The fourth-order valence-electron chi connectivity index (χ4n) is 4.28. The maximum atomic E-state index is 12.6. The average Bonchev–Trinajstić information content (AvgIpc) is 3.40. The van der Waals surface area contributed by atoms with Crippen LogP contribution in [0.5, 0.6) is 0 Å². The standard InChI is InChI=1S/C31H41FN6O2/c1-6-22(3)31(37-25-13-11-24(12-14-25)35-28-15-17-38(21-28)18-16-32)33-20-29(40-5)23(4)34-26-9-8-10-27(19-26)36-30(39)7-2/h7-14,19-20,28,34-35,37H,2,6,15-18,21H2,1,3-5H3,(H,36,39)/b29-23-,31-22-,33-20+. The lowest BCUT2D eigenvalue weighted by Crippen LogP contribution is -2.27. The first-order chi connectivity index (χ1) is 19.3. The number of hydrogen-bond acceptors (Lipinski definition) is 7. The maximum Gasteiger partial charge on any atom is 0.247 e. The fraction of sp³-hybridized carbons (Fsp3) is 0.355. The highest BCUT2D eigenvalue weighted by Crippen LogP contribution is 2.22. The van der Waals surface area contributed by atoms with Gasteiger partial charge in [0.05, 0.1) is 19.0 Å². The summed E-state index contributed by atoms with van der Waals surface area (Å²) in [6.07, 6.45) is 4.77. The number of benzene rings is 2. The summed E-state index contributed by atoms with van der Waals surface area (Å²) in [6.45, 7) is 11.5. The highest BCUT2D eigenvalue weighted by Gasteiger charge is 2.21. The van der Waals surface area contributed by atoms with Crippen molar-refractivity contribution in [2.45, 2.75) is 39.7 Å². The number of aliphatic imine (C=N–C) groups is 1. The first kappa shape index (κ1) is 30.4. The molecule has 3 rings (SSSR count). The number of amides is 1. The first-order valence-corrected chi connectivity index (χ1v) is 13.6. The number of allylic oxidation sites excluding steroid dienone is 3. The zero-order chi connectivity index (χ0) is 28.9. The number of alkyl halides is 1. The van der Waals surface area contributed by atoms with Crippen molar-refractivity contribution >= 4 is 34.9 Å². The van der Waals surface area contributed by atoms with Gasteiger partial charge in [-0.05, 0) is 80.8 Å². The third kappa shape index (κ3) is 9.27. The molecule has 1 amide bonds. The summed E-state index contributed by atoms with van der Waals surface area (Å²) in [4.78, 5) is 18.5. The molecule has 0 spiro atoms. The number of carbonyl (C=O) groups excluding carboxylic acids is 1. The molecule has 0 bridgehead atoms. The molecular formula is C31H41FN6O2. The molecule has 0 radical (unpaired) electrons. The molecule has 1 fully saturated rings. The number of ether oxygens (including phenoxy) is 1. The van der Waals surface area contributed by atoms with Gasteiger partial charge in [-0.15, -0.1) is 0 Å². The van der Waals surface area contributed by atoms with Gasteiger partial charge in [-0.1, -0.05) is 19.6 Å². The van der Waals surface area contributed by atoms with E-state index in [1.165, 1.54) is 6.08 Å². The second-order valence-corrected chi connectivity index (χ2v) is 9.66. The van der Waals surface area contributed by atoms with E-state index in [1.807, 2.05) is 56.3 Å². The number of anilines is 4. The smallest absolute Gasteiger partial charge is 0.247 e. The summed E-state index contributed by atoms with van der Waals surface area (Å²) in [5.41, 5.74) is 5.28. The number of nitrogens with zero attached hydrogens (tertiary/aromatic N) is 2. The molecule has 1 unspecified atom stereocenters. The normalized spacial score (nSPS) is 16.7. The Morgan fingerprint density at radius 2 is 1.80 bits per heavy atom. The molecule has 0 aliphatic carbocycles. The minimum Gasteiger partial charge on any atom is -0.493 e. The molecule has 1 heterocycles. The molecule has 40 heavy (non-hydrogen) atoms. The van der Waals surface area contributed by atoms with Crippen molar-refractivity contribution in [1.82, 2.24) is 4.90 Å². The van der Waals surface area contributed by atoms with Crippen LogP contribution in [0.4, 0.5) is 27.1 Å². The van der Waals surface area contributed by atoms with E-state index < -0.39 is 0 Å². The van der Waals surface area contributed by atoms with Crippen LogP contribution in [-0.2, 0) is 9.53 Å². The van der Waals surface area contributed by atoms with Crippen LogP contribution in [0.3, 0.4) is 0 Å². The van der Waals surface area contributed by atoms with Gasteiger partial charge < -0.3 is 26.0 Å². The van der Waals surface area contributed by atoms with Crippen molar-refractivity contribution in [3.8, 4) is 0 Å². The van der Waals surface area contributed by atoms with E-state index in [9.17, 15) is 9.18 Å². The Kier molecular flexibility index (Phi) is 11.8. The Labute approximate surface area is 237 Å². The van der Waals surface area contributed by atoms with Crippen LogP contribution in [0.2, 0.25) is 0 Å². The Morgan fingerprint density at radius 3 is 2.45 bits per heavy atom. The van der Waals surface area contributed by atoms with Gasteiger partial charge in [0.25, 0.3) is 0 Å². The van der Waals surface area contributed by atoms with E-state index >= 15 is 0 Å². The van der Waals surface area contributed by atoms with Crippen LogP contribution in [0.1, 0.15) is 33.6 Å². The predicted molar refractivity (Wildman–Crippen MR) is 165 cm³/mol. The number of methoxy groups -OCH3 is 1. The van der Waals surface area contributed by atoms with Gasteiger partial charge >= 0.3 is 0 Å². The predicted octanol–water partition coefficient (Wildman–Crippen LogP) is 6.38. The van der Waals surface area contributed by atoms with E-state index in [0.29, 0.717) is 24.0 Å². The van der Waals surface area contributed by atoms with Crippen molar-refractivity contribution in [3.05, 3.63) is 84.0 Å². The summed E-state index contributed by atoms with van der Waals surface area (Å²) in [5.74, 6) is 1.05. The van der Waals surface area contributed by atoms with Crippen molar-refractivity contribution in [2.24, 2.45) is 4.99 Å². The highest BCUT2D eigenvalue weighted by atomic mass is 19.1. The monoisotopic (exact) mass is 548 g/mol. The summed E-state index contributed by atoms with van der Waals surface area (Å²) in [5, 5.41) is 13.0. The van der Waals surface area contributed by atoms with Gasteiger partial charge in [-0.3, -0.25) is 9.69 Å². The highest BCUT2D eigenvalue weighted by molar-refractivity contribution is 5.99. The third-order valence-electron chi connectivity index (χ3n) is 6.67. The van der Waals surface area contributed by atoms with Crippen LogP contribution in [0.25, 0.3) is 0 Å². The maximum absolute atomic E-state index is 12.6. The molecule has 1 atom stereocenters. The molecular weight excluding hydrogens is 507 g/mol. The largest absolute Gasteiger partial charge is 0.493 e. The Morgan fingerprint density at radius 1 is 1.10 bits per heavy atom. The molecule has 4 N–H and O–H groups in total. The van der Waals surface area contributed by atoms with Crippen LogP contribution in [0.15, 0.2) is 89.0 Å². The van der Waals surface area contributed by atoms with E-state index in [2.05, 4.69) is 39.7 Å². The number of nitrogens with one attached hydrogen (secondary N) is 4. The molecule has 8 nitrogen and oxygen atoms in total. The van der Waals surface area contributed by atoms with E-state index in [1.54, 1.807) is 19.4 Å². The van der Waals surface area contributed by atoms with Gasteiger partial charge in [0, 0.05) is 48.4 Å². The molecule has 1 aliphatic rings. The van der Waals surface area contributed by atoms with Gasteiger partial charge in [0.15, 0.2) is 5.76 Å². The zero-order valence-electron chi connectivity index (χ0n) is 23.9. The Balaban J connectivity index is 1.67. The zero-order valence-corrected chi connectivity index (χ0v) is 23.9. The van der Waals surface area contributed by atoms with E-state index in [0.717, 1.165) is 60.1 Å². The Bertz CT molecular complexity index is 1240. The topological polar surface area (TPSA) is 90.0 Å². The quantitative estimate of drug-likeness (QED) is 0.124. The van der Waals surface area contributed by atoms with Gasteiger partial charge in [0.1, 0.15) is 12.5 Å². The van der Waals surface area contributed by atoms with Crippen LogP contribution in [0, 0.1) is 0 Å². The van der Waals surface area contributed by atoms with Gasteiger partial charge in [-0.25, -0.2) is 9.38 Å². The van der Waals surface area contributed by atoms with Crippen molar-refractivity contribution in [1.29, 1.82) is 0 Å². The Hall–Kier alpha value is -4.11. The summed E-state index contributed by atoms with van der Waals surface area (Å²) < 4.78 is 18.2. The minimum absolute atomic E-state index is 0.270. The molecule has 2 aromatic carbocycles. The summed E-state index contributed by atoms with van der Waals surface area (Å²) in [6, 6.07) is 15.8. The molecule has 1 saturated heterocycles. The molecule has 214 valence electrons. The fourth-order valence-corrected chi connectivity index (χ4v) is 4.28. The van der Waals surface area contributed by atoms with Crippen LogP contribution in [-0.4, -0.2) is 56.5 Å². The lowest BCUT2D eigenvalue weighted by Gasteiger charge is -2.17. The lowest BCUT2D eigenvalue weighted by molar-refractivity contribution is -0.111. The SMILES string of the molecule is C=CC(=O)Nc1cccc(N/C(C)=C(/C=N/C(Nc2ccc(NC3CCN(CCF)C3)cc2)=C(\C)CC)OC)c1. The van der Waals surface area contributed by atoms with Crippen molar-refractivity contribution < 1.29 is 13.9 Å². The second-order valence-electron chi connectivity index (χ2n) is 9.66. The number of carbonyl (C=O) groups is 1. The van der Waals surface area contributed by atoms with Crippen molar-refractivity contribution in [2.75, 3.05) is 54.7 Å². The summed E-state index contributed by atoms with van der Waals surface area (Å²) >= 11 is 0. The molecule has 2 aromatic rings. The number of halogens is 1. The first-order valence-electron chi connectivity index (χ1n) is 13.6. The molecule has 0 aromatic heterocycles. The van der Waals surface area contributed by atoms with Gasteiger partial charge in [0.2, 0.25) is 5.91 Å². The van der Waals surface area contributed by atoms with Crippen LogP contribution >= 0.6 is 0 Å². The third-order valence-corrected chi connectivity index (χ3v) is 6.67. The number of likely N-dealkylation sites (tertiary alicyclic amines) is 1. The lowest BCUT2D eigenvalue weighted by atomic mass is 10.2. The number of hydrogen-bond donors (Lipinski definition) is 4. The van der Waals surface area contributed by atoms with Crippen LogP contribution < -0.4 is 21.3 Å². The average molecular weight is 549 g/mol. The molecule has 0 saturated carbocycles. The number of rotatable bonds is 14. The minimum atomic E-state index is -0.300. The van der Waals surface area contributed by atoms with Crippen molar-refractivity contribution in [3.63, 3.8) is 0 Å². The second kappa shape index (κ2) is 15.5. The van der Waals surface area contributed by atoms with Gasteiger partial charge in [-0.2, -0.15) is 0 Å². The van der Waals surface area contributed by atoms with E-state index in [4.69, 9.17) is 9.73 Å².